The highest BCUT2D eigenvalue weighted by Crippen LogP contribution is 2.28. The minimum Gasteiger partial charge on any atom is -0.337 e. The summed E-state index contributed by atoms with van der Waals surface area (Å²) in [5.41, 5.74) is 3.40. The maximum Gasteiger partial charge on any atom is 0.267 e. The Morgan fingerprint density at radius 1 is 1.00 bits per heavy atom. The predicted molar refractivity (Wildman–Crippen MR) is 136 cm³/mol. The second-order valence-corrected chi connectivity index (χ2v) is 10.2. The van der Waals surface area contributed by atoms with Crippen LogP contribution in [0.25, 0.3) is 22.4 Å². The molecule has 2 aromatic heterocycles. The molecule has 1 aliphatic heterocycles. The van der Waals surface area contributed by atoms with Crippen LogP contribution in [0.15, 0.2) is 52.4 Å². The van der Waals surface area contributed by atoms with Crippen molar-refractivity contribution in [3.05, 3.63) is 63.9 Å². The van der Waals surface area contributed by atoms with E-state index in [0.717, 1.165) is 41.6 Å². The van der Waals surface area contributed by atoms with Crippen molar-refractivity contribution in [3.63, 3.8) is 0 Å². The number of piperidine rings is 1. The number of rotatable bonds is 4. The van der Waals surface area contributed by atoms with Gasteiger partial charge in [0.25, 0.3) is 5.56 Å². The third kappa shape index (κ3) is 3.70. The van der Waals surface area contributed by atoms with Crippen LogP contribution in [0.4, 0.5) is 0 Å². The molecule has 0 aliphatic carbocycles. The summed E-state index contributed by atoms with van der Waals surface area (Å²) < 4.78 is 3.56. The topological polar surface area (TPSA) is 72.5 Å². The lowest BCUT2D eigenvalue weighted by atomic mass is 9.98. The fourth-order valence-electron chi connectivity index (χ4n) is 5.25. The van der Waals surface area contributed by atoms with E-state index in [1.54, 1.807) is 4.57 Å². The van der Waals surface area contributed by atoms with E-state index in [0.29, 0.717) is 16.3 Å². The quantitative estimate of drug-likeness (QED) is 0.406. The summed E-state index contributed by atoms with van der Waals surface area (Å²) in [5.74, 6) is 0.858. The van der Waals surface area contributed by atoms with Crippen LogP contribution in [0.3, 0.4) is 0 Å². The van der Waals surface area contributed by atoms with Crippen LogP contribution in [-0.4, -0.2) is 47.8 Å². The first kappa shape index (κ1) is 22.7. The summed E-state index contributed by atoms with van der Waals surface area (Å²) in [4.78, 5) is 28.8. The zero-order valence-corrected chi connectivity index (χ0v) is 20.8. The van der Waals surface area contributed by atoms with E-state index < -0.39 is 0 Å². The number of nitrogens with zero attached hydrogens (tertiary/aromatic N) is 5. The molecule has 4 aromatic rings. The molecule has 1 amide bonds. The van der Waals surface area contributed by atoms with E-state index >= 15 is 0 Å². The van der Waals surface area contributed by atoms with Crippen molar-refractivity contribution in [1.29, 1.82) is 0 Å². The maximum atomic E-state index is 13.6. The maximum absolute atomic E-state index is 13.6. The molecule has 7 nitrogen and oxygen atoms in total. The molecule has 8 heteroatoms. The van der Waals surface area contributed by atoms with Gasteiger partial charge in [-0.15, -0.1) is 10.2 Å². The number of aryl methyl sites for hydroxylation is 2. The molecule has 34 heavy (non-hydrogen) atoms. The lowest BCUT2D eigenvalue weighted by molar-refractivity contribution is -0.134. The van der Waals surface area contributed by atoms with Crippen LogP contribution < -0.4 is 5.56 Å². The van der Waals surface area contributed by atoms with Crippen LogP contribution in [0.2, 0.25) is 0 Å². The molecule has 2 unspecified atom stereocenters. The number of carbonyl (C=O) groups excluding carboxylic acids is 1. The first-order valence-electron chi connectivity index (χ1n) is 11.8. The van der Waals surface area contributed by atoms with Crippen molar-refractivity contribution in [3.8, 4) is 5.69 Å². The fraction of sp³-hybridized carbons (Fsp3) is 0.385. The van der Waals surface area contributed by atoms with Crippen LogP contribution in [-0.2, 0) is 4.79 Å². The van der Waals surface area contributed by atoms with Crippen molar-refractivity contribution in [2.45, 2.75) is 64.2 Å². The molecule has 1 fully saturated rings. The lowest BCUT2D eigenvalue weighted by Gasteiger charge is -2.39. The molecule has 0 bridgehead atoms. The molecule has 2 atom stereocenters. The highest BCUT2D eigenvalue weighted by molar-refractivity contribution is 7.99. The first-order valence-corrected chi connectivity index (χ1v) is 12.8. The second kappa shape index (κ2) is 8.91. The van der Waals surface area contributed by atoms with Gasteiger partial charge in [0, 0.05) is 12.1 Å². The van der Waals surface area contributed by atoms with Crippen molar-refractivity contribution in [1.82, 2.24) is 24.1 Å². The average Bonchev–Trinajstić information content (AvgIpc) is 3.23. The van der Waals surface area contributed by atoms with E-state index in [1.165, 1.54) is 11.8 Å². The third-order valence-corrected chi connectivity index (χ3v) is 7.78. The standard InChI is InChI=1S/C26H29N5O2S/c1-16-9-7-10-17(2)23(16)31-24(33)20-13-5-6-14-21(20)30-25(31)27-28-26(30)34-15-22(32)29-18(3)11-8-12-19(29)4/h5-7,9-10,13-14,18-19H,8,11-12,15H2,1-4H3. The molecule has 1 aliphatic rings. The monoisotopic (exact) mass is 475 g/mol. The Labute approximate surface area is 202 Å². The first-order chi connectivity index (χ1) is 16.4. The fourth-order valence-corrected chi connectivity index (χ4v) is 6.06. The molecule has 3 heterocycles. The predicted octanol–water partition coefficient (Wildman–Crippen LogP) is 4.53. The van der Waals surface area contributed by atoms with Gasteiger partial charge >= 0.3 is 0 Å². The Morgan fingerprint density at radius 2 is 1.68 bits per heavy atom. The number of hydrogen-bond donors (Lipinski definition) is 0. The zero-order chi connectivity index (χ0) is 24.0. The van der Waals surface area contributed by atoms with Gasteiger partial charge in [0.15, 0.2) is 5.16 Å². The summed E-state index contributed by atoms with van der Waals surface area (Å²) in [6.07, 6.45) is 3.25. The minimum absolute atomic E-state index is 0.119. The van der Waals surface area contributed by atoms with Crippen LogP contribution in [0.1, 0.15) is 44.2 Å². The van der Waals surface area contributed by atoms with Gasteiger partial charge in [0.05, 0.1) is 22.3 Å². The van der Waals surface area contributed by atoms with Gasteiger partial charge in [-0.2, -0.15) is 0 Å². The largest absolute Gasteiger partial charge is 0.337 e. The molecule has 2 aromatic carbocycles. The molecule has 0 radical (unpaired) electrons. The molecule has 0 spiro atoms. The van der Waals surface area contributed by atoms with Crippen molar-refractivity contribution < 1.29 is 4.79 Å². The summed E-state index contributed by atoms with van der Waals surface area (Å²) in [6, 6.07) is 14.0. The number of para-hydroxylation sites is 2. The number of likely N-dealkylation sites (tertiary alicyclic amines) is 1. The number of aromatic nitrogens is 4. The number of carbonyl (C=O) groups is 1. The van der Waals surface area contributed by atoms with Crippen molar-refractivity contribution in [2.24, 2.45) is 0 Å². The highest BCUT2D eigenvalue weighted by atomic mass is 32.2. The number of fused-ring (bicyclic) bond motifs is 3. The third-order valence-electron chi connectivity index (χ3n) is 6.86. The Morgan fingerprint density at radius 3 is 2.38 bits per heavy atom. The Kier molecular flexibility index (Phi) is 5.93. The minimum atomic E-state index is -0.128. The molecule has 1 saturated heterocycles. The second-order valence-electron chi connectivity index (χ2n) is 9.23. The van der Waals surface area contributed by atoms with Gasteiger partial charge in [-0.3, -0.25) is 14.0 Å². The SMILES string of the molecule is Cc1cccc(C)c1-n1c(=O)c2ccccc2n2c(SCC(=O)N3C(C)CCCC3C)nnc12. The lowest BCUT2D eigenvalue weighted by Crippen LogP contribution is -2.48. The van der Waals surface area contributed by atoms with Crippen LogP contribution in [0.5, 0.6) is 0 Å². The van der Waals surface area contributed by atoms with E-state index in [1.807, 2.05) is 65.6 Å². The Hall–Kier alpha value is -3.13. The van der Waals surface area contributed by atoms with Gasteiger partial charge in [0.1, 0.15) is 0 Å². The van der Waals surface area contributed by atoms with Gasteiger partial charge in [-0.1, -0.05) is 42.1 Å². The molecule has 0 N–H and O–H groups in total. The number of thioether (sulfide) groups is 1. The summed E-state index contributed by atoms with van der Waals surface area (Å²) in [7, 11) is 0. The molecular formula is C26H29N5O2S. The zero-order valence-electron chi connectivity index (χ0n) is 20.0. The van der Waals surface area contributed by atoms with Gasteiger partial charge in [0.2, 0.25) is 11.7 Å². The molecule has 176 valence electrons. The van der Waals surface area contributed by atoms with Gasteiger partial charge in [-0.05, 0) is 70.2 Å². The van der Waals surface area contributed by atoms with Crippen molar-refractivity contribution in [2.75, 3.05) is 5.75 Å². The number of benzene rings is 2. The van der Waals surface area contributed by atoms with Crippen LogP contribution in [0, 0.1) is 13.8 Å². The normalized spacial score (nSPS) is 18.6. The molecular weight excluding hydrogens is 446 g/mol. The van der Waals surface area contributed by atoms with E-state index in [2.05, 4.69) is 24.0 Å². The Bertz CT molecular complexity index is 1430. The summed E-state index contributed by atoms with van der Waals surface area (Å²) in [5, 5.41) is 10.1. The average molecular weight is 476 g/mol. The van der Waals surface area contributed by atoms with Gasteiger partial charge in [-0.25, -0.2) is 4.57 Å². The van der Waals surface area contributed by atoms with Gasteiger partial charge < -0.3 is 4.90 Å². The van der Waals surface area contributed by atoms with E-state index in [-0.39, 0.29) is 29.3 Å². The highest BCUT2D eigenvalue weighted by Gasteiger charge is 2.29. The Balaban J connectivity index is 1.62. The summed E-state index contributed by atoms with van der Waals surface area (Å²) in [6.45, 7) is 8.24. The van der Waals surface area contributed by atoms with Crippen molar-refractivity contribution >= 4 is 34.3 Å². The number of hydrogen-bond acceptors (Lipinski definition) is 5. The number of amides is 1. The van der Waals surface area contributed by atoms with E-state index in [4.69, 9.17) is 0 Å². The summed E-state index contributed by atoms with van der Waals surface area (Å²) >= 11 is 1.38. The smallest absolute Gasteiger partial charge is 0.267 e. The van der Waals surface area contributed by atoms with E-state index in [9.17, 15) is 9.59 Å². The molecule has 0 saturated carbocycles. The molecule has 5 rings (SSSR count). The van der Waals surface area contributed by atoms with Crippen LogP contribution >= 0.6 is 11.8 Å².